The van der Waals surface area contributed by atoms with Gasteiger partial charge in [-0.3, -0.25) is 10.1 Å². The number of rotatable bonds is 3. The SMILES string of the molecule is COCC([N+](=O)[O-])C(F)(F)F. The molecule has 0 aromatic carbocycles. The van der Waals surface area contributed by atoms with Crippen molar-refractivity contribution >= 4 is 0 Å². The average molecular weight is 173 g/mol. The van der Waals surface area contributed by atoms with Gasteiger partial charge in [0.2, 0.25) is 0 Å². The lowest BCUT2D eigenvalue weighted by Crippen LogP contribution is -2.39. The van der Waals surface area contributed by atoms with Gasteiger partial charge in [0.25, 0.3) is 0 Å². The maximum atomic E-state index is 11.6. The highest BCUT2D eigenvalue weighted by Gasteiger charge is 2.49. The Labute approximate surface area is 60.1 Å². The molecule has 7 heteroatoms. The second-order valence-electron chi connectivity index (χ2n) is 1.80. The van der Waals surface area contributed by atoms with Gasteiger partial charge in [-0.25, -0.2) is 0 Å². The van der Waals surface area contributed by atoms with Gasteiger partial charge < -0.3 is 4.74 Å². The van der Waals surface area contributed by atoms with Crippen molar-refractivity contribution in [1.82, 2.24) is 0 Å². The summed E-state index contributed by atoms with van der Waals surface area (Å²) in [5.74, 6) is 0. The van der Waals surface area contributed by atoms with E-state index in [9.17, 15) is 23.3 Å². The zero-order valence-corrected chi connectivity index (χ0v) is 5.59. The van der Waals surface area contributed by atoms with Crippen LogP contribution in [-0.2, 0) is 4.74 Å². The molecule has 11 heavy (non-hydrogen) atoms. The van der Waals surface area contributed by atoms with Crippen LogP contribution in [0.3, 0.4) is 0 Å². The van der Waals surface area contributed by atoms with Crippen LogP contribution >= 0.6 is 0 Å². The fourth-order valence-corrected chi connectivity index (χ4v) is 0.433. The summed E-state index contributed by atoms with van der Waals surface area (Å²) in [5, 5.41) is 9.74. The van der Waals surface area contributed by atoms with E-state index in [0.29, 0.717) is 0 Å². The summed E-state index contributed by atoms with van der Waals surface area (Å²) in [6.07, 6.45) is -4.83. The van der Waals surface area contributed by atoms with E-state index >= 15 is 0 Å². The van der Waals surface area contributed by atoms with Gasteiger partial charge in [-0.2, -0.15) is 13.2 Å². The van der Waals surface area contributed by atoms with Gasteiger partial charge in [0.15, 0.2) is 0 Å². The molecule has 0 aromatic heterocycles. The van der Waals surface area contributed by atoms with Crippen LogP contribution in [0.15, 0.2) is 0 Å². The number of nitro groups is 1. The molecule has 0 saturated carbocycles. The van der Waals surface area contributed by atoms with Crippen LogP contribution in [0.25, 0.3) is 0 Å². The first kappa shape index (κ1) is 10.2. The Bertz CT molecular complexity index is 146. The van der Waals surface area contributed by atoms with E-state index < -0.39 is 23.7 Å². The van der Waals surface area contributed by atoms with Crippen molar-refractivity contribution in [2.24, 2.45) is 0 Å². The van der Waals surface area contributed by atoms with Gasteiger partial charge in [-0.05, 0) is 0 Å². The van der Waals surface area contributed by atoms with Crippen molar-refractivity contribution in [2.75, 3.05) is 13.7 Å². The Balaban J connectivity index is 4.22. The average Bonchev–Trinajstić information content (AvgIpc) is 1.79. The minimum atomic E-state index is -4.83. The van der Waals surface area contributed by atoms with E-state index in [1.54, 1.807) is 0 Å². The van der Waals surface area contributed by atoms with Gasteiger partial charge in [-0.15, -0.1) is 0 Å². The fraction of sp³-hybridized carbons (Fsp3) is 1.00. The van der Waals surface area contributed by atoms with Gasteiger partial charge >= 0.3 is 12.2 Å². The Morgan fingerprint density at radius 1 is 1.64 bits per heavy atom. The van der Waals surface area contributed by atoms with Gasteiger partial charge in [0, 0.05) is 12.0 Å². The molecule has 0 N–H and O–H groups in total. The first-order chi connectivity index (χ1) is 4.89. The van der Waals surface area contributed by atoms with Crippen LogP contribution in [-0.4, -0.2) is 30.9 Å². The van der Waals surface area contributed by atoms with E-state index in [0.717, 1.165) is 7.11 Å². The standard InChI is InChI=1S/C4H6F3NO3/c1-11-2-3(8(9)10)4(5,6)7/h3H,2H2,1H3. The highest BCUT2D eigenvalue weighted by molar-refractivity contribution is 4.64. The minimum Gasteiger partial charge on any atom is -0.377 e. The largest absolute Gasteiger partial charge is 0.459 e. The van der Waals surface area contributed by atoms with Crippen LogP contribution in [0.5, 0.6) is 0 Å². The number of hydrogen-bond donors (Lipinski definition) is 0. The fourth-order valence-electron chi connectivity index (χ4n) is 0.433. The first-order valence-electron chi connectivity index (χ1n) is 2.58. The lowest BCUT2D eigenvalue weighted by atomic mass is 10.3. The van der Waals surface area contributed by atoms with Crippen molar-refractivity contribution in [3.8, 4) is 0 Å². The molecule has 1 atom stereocenters. The maximum Gasteiger partial charge on any atom is 0.459 e. The van der Waals surface area contributed by atoms with Crippen molar-refractivity contribution in [2.45, 2.75) is 12.2 Å². The molecule has 0 fully saturated rings. The monoisotopic (exact) mass is 173 g/mol. The third-order valence-corrected chi connectivity index (χ3v) is 0.957. The van der Waals surface area contributed by atoms with Gasteiger partial charge in [-0.1, -0.05) is 0 Å². The van der Waals surface area contributed by atoms with Crippen LogP contribution in [0, 0.1) is 10.1 Å². The number of nitrogens with zero attached hydrogens (tertiary/aromatic N) is 1. The van der Waals surface area contributed by atoms with E-state index in [2.05, 4.69) is 4.74 Å². The predicted octanol–water partition coefficient (Wildman–Crippen LogP) is 0.840. The molecular weight excluding hydrogens is 167 g/mol. The Kier molecular flexibility index (Phi) is 3.24. The molecule has 0 amide bonds. The molecule has 0 rings (SSSR count). The van der Waals surface area contributed by atoms with Gasteiger partial charge in [0.1, 0.15) is 6.61 Å². The second kappa shape index (κ2) is 3.51. The van der Waals surface area contributed by atoms with Crippen molar-refractivity contribution in [3.05, 3.63) is 10.1 Å². The topological polar surface area (TPSA) is 52.4 Å². The van der Waals surface area contributed by atoms with Crippen LogP contribution in [0.4, 0.5) is 13.2 Å². The van der Waals surface area contributed by atoms with E-state index in [4.69, 9.17) is 0 Å². The summed E-state index contributed by atoms with van der Waals surface area (Å²) in [7, 11) is 0.974. The smallest absolute Gasteiger partial charge is 0.377 e. The lowest BCUT2D eigenvalue weighted by Gasteiger charge is -2.10. The molecule has 0 aliphatic heterocycles. The molecule has 0 aromatic rings. The van der Waals surface area contributed by atoms with E-state index in [1.807, 2.05) is 0 Å². The summed E-state index contributed by atoms with van der Waals surface area (Å²) in [6, 6.07) is -2.62. The maximum absolute atomic E-state index is 11.6. The summed E-state index contributed by atoms with van der Waals surface area (Å²) < 4.78 is 38.9. The van der Waals surface area contributed by atoms with Crippen LogP contribution in [0.2, 0.25) is 0 Å². The molecule has 0 radical (unpaired) electrons. The molecule has 0 saturated heterocycles. The first-order valence-corrected chi connectivity index (χ1v) is 2.58. The Morgan fingerprint density at radius 2 is 2.09 bits per heavy atom. The number of alkyl halides is 3. The minimum absolute atomic E-state index is 0.948. The molecule has 0 heterocycles. The van der Waals surface area contributed by atoms with E-state index in [-0.39, 0.29) is 0 Å². The van der Waals surface area contributed by atoms with E-state index in [1.165, 1.54) is 0 Å². The van der Waals surface area contributed by atoms with Crippen molar-refractivity contribution in [3.63, 3.8) is 0 Å². The molecule has 4 nitrogen and oxygen atoms in total. The quantitative estimate of drug-likeness (QED) is 0.469. The summed E-state index contributed by atoms with van der Waals surface area (Å²) in [6.45, 7) is -0.948. The van der Waals surface area contributed by atoms with Gasteiger partial charge in [0.05, 0.1) is 0 Å². The highest BCUT2D eigenvalue weighted by atomic mass is 19.4. The number of hydrogen-bond acceptors (Lipinski definition) is 3. The Morgan fingerprint density at radius 3 is 2.18 bits per heavy atom. The molecular formula is C4H6F3NO3. The zero-order valence-electron chi connectivity index (χ0n) is 5.59. The predicted molar refractivity (Wildman–Crippen MR) is 28.7 cm³/mol. The third kappa shape index (κ3) is 3.17. The number of halogens is 3. The van der Waals surface area contributed by atoms with Crippen molar-refractivity contribution in [1.29, 1.82) is 0 Å². The Hall–Kier alpha value is -0.850. The summed E-state index contributed by atoms with van der Waals surface area (Å²) >= 11 is 0. The third-order valence-electron chi connectivity index (χ3n) is 0.957. The lowest BCUT2D eigenvalue weighted by molar-refractivity contribution is -0.566. The normalized spacial score (nSPS) is 14.5. The molecule has 0 bridgehead atoms. The van der Waals surface area contributed by atoms with Crippen LogP contribution < -0.4 is 0 Å². The summed E-state index contributed by atoms with van der Waals surface area (Å²) in [4.78, 5) is 8.33. The summed E-state index contributed by atoms with van der Waals surface area (Å²) in [5.41, 5.74) is 0. The van der Waals surface area contributed by atoms with Crippen molar-refractivity contribution < 1.29 is 22.8 Å². The molecule has 0 aliphatic carbocycles. The zero-order chi connectivity index (χ0) is 9.07. The number of methoxy groups -OCH3 is 1. The molecule has 0 aliphatic rings. The highest BCUT2D eigenvalue weighted by Crippen LogP contribution is 2.22. The second-order valence-corrected chi connectivity index (χ2v) is 1.80. The number of ether oxygens (including phenoxy) is 1. The molecule has 66 valence electrons. The molecule has 0 spiro atoms. The molecule has 1 unspecified atom stereocenters. The van der Waals surface area contributed by atoms with Crippen LogP contribution in [0.1, 0.15) is 0 Å².